The molecule has 0 saturated heterocycles. The zero-order valence-electron chi connectivity index (χ0n) is 18.1. The number of ether oxygens (including phenoxy) is 1. The normalized spacial score (nSPS) is 44.9. The lowest BCUT2D eigenvalue weighted by Crippen LogP contribution is -2.60. The molecule has 0 N–H and O–H groups in total. The zero-order chi connectivity index (χ0) is 22.1. The van der Waals surface area contributed by atoms with Crippen LogP contribution >= 0.6 is 27.5 Å². The van der Waals surface area contributed by atoms with Gasteiger partial charge in [-0.2, -0.15) is 0 Å². The zero-order valence-corrected chi connectivity index (χ0v) is 20.4. The molecule has 4 nitrogen and oxygen atoms in total. The molecule has 6 heteroatoms. The highest BCUT2D eigenvalue weighted by Gasteiger charge is 2.70. The summed E-state index contributed by atoms with van der Waals surface area (Å²) in [5.41, 5.74) is -0.677. The molecule has 2 fully saturated rings. The molecule has 0 aromatic carbocycles. The van der Waals surface area contributed by atoms with Gasteiger partial charge in [0.15, 0.2) is 17.2 Å². The molecule has 2 saturated carbocycles. The van der Waals surface area contributed by atoms with Crippen molar-refractivity contribution in [3.8, 4) is 0 Å². The molecule has 4 rings (SSSR count). The minimum absolute atomic E-state index is 0.0587. The summed E-state index contributed by atoms with van der Waals surface area (Å²) in [6.07, 6.45) is 7.83. The number of alkyl halides is 1. The van der Waals surface area contributed by atoms with Crippen molar-refractivity contribution in [3.63, 3.8) is 0 Å². The number of rotatable bonds is 3. The first-order valence-electron chi connectivity index (χ1n) is 10.9. The molecule has 0 aromatic rings. The summed E-state index contributed by atoms with van der Waals surface area (Å²) in [5, 5.41) is 0.759. The van der Waals surface area contributed by atoms with E-state index in [1.54, 1.807) is 13.0 Å². The summed E-state index contributed by atoms with van der Waals surface area (Å²) < 4.78 is 6.00. The van der Waals surface area contributed by atoms with Gasteiger partial charge in [0.25, 0.3) is 0 Å². The van der Waals surface area contributed by atoms with Crippen LogP contribution in [-0.2, 0) is 19.1 Å². The van der Waals surface area contributed by atoms with Crippen LogP contribution in [0.5, 0.6) is 0 Å². The Labute approximate surface area is 191 Å². The van der Waals surface area contributed by atoms with E-state index < -0.39 is 11.0 Å². The van der Waals surface area contributed by atoms with Crippen molar-refractivity contribution >= 4 is 45.1 Å². The topological polar surface area (TPSA) is 60.4 Å². The fourth-order valence-electron chi connectivity index (χ4n) is 7.65. The highest BCUT2D eigenvalue weighted by Crippen LogP contribution is 2.69. The fourth-order valence-corrected chi connectivity index (χ4v) is 8.18. The van der Waals surface area contributed by atoms with Gasteiger partial charge < -0.3 is 4.74 Å². The van der Waals surface area contributed by atoms with Crippen LogP contribution in [0.1, 0.15) is 59.8 Å². The molecular weight excluding hydrogens is 468 g/mol. The van der Waals surface area contributed by atoms with Gasteiger partial charge in [-0.15, -0.1) is 0 Å². The first kappa shape index (κ1) is 22.3. The molecule has 4 aliphatic carbocycles. The van der Waals surface area contributed by atoms with Crippen molar-refractivity contribution < 1.29 is 19.1 Å². The molecule has 0 aliphatic heterocycles. The van der Waals surface area contributed by atoms with Crippen molar-refractivity contribution in [3.05, 3.63) is 22.8 Å². The van der Waals surface area contributed by atoms with Crippen LogP contribution in [0.2, 0.25) is 0 Å². The molecule has 30 heavy (non-hydrogen) atoms. The van der Waals surface area contributed by atoms with E-state index in [-0.39, 0.29) is 46.0 Å². The quantitative estimate of drug-likeness (QED) is 0.388. The standard InChI is InChI=1S/C24H30BrClO4/c1-13-9-18-16-11-20(26)19-10-15(28)5-7-22(19,3)17(16)6-8-23(18,4)24(13,14(2)27)30-21(29)12-25/h10-11,13,16-18H,5-9,12H2,1-4H3/t13-,16-,17+,18+,22-,23+,24+/m1/s1. The van der Waals surface area contributed by atoms with Crippen LogP contribution in [0, 0.1) is 34.5 Å². The molecule has 4 aliphatic rings. The predicted molar refractivity (Wildman–Crippen MR) is 119 cm³/mol. The second kappa shape index (κ2) is 7.30. The number of Topliss-reactive ketones (excluding diaryl/α,β-unsaturated/α-hetero) is 1. The highest BCUT2D eigenvalue weighted by molar-refractivity contribution is 9.09. The Hall–Kier alpha value is -0.940. The summed E-state index contributed by atoms with van der Waals surface area (Å²) in [6, 6.07) is 0. The smallest absolute Gasteiger partial charge is 0.317 e. The molecular formula is C24H30BrClO4. The maximum atomic E-state index is 13.1. The van der Waals surface area contributed by atoms with E-state index in [0.29, 0.717) is 17.4 Å². The third kappa shape index (κ3) is 2.80. The lowest BCUT2D eigenvalue weighted by molar-refractivity contribution is -0.190. The van der Waals surface area contributed by atoms with E-state index >= 15 is 0 Å². The molecule has 164 valence electrons. The number of carbonyl (C=O) groups excluding carboxylic acids is 3. The second-order valence-electron chi connectivity index (χ2n) is 10.2. The molecule has 0 amide bonds. The van der Waals surface area contributed by atoms with Crippen LogP contribution < -0.4 is 0 Å². The molecule has 0 bridgehead atoms. The minimum Gasteiger partial charge on any atom is -0.450 e. The van der Waals surface area contributed by atoms with Crippen LogP contribution in [0.4, 0.5) is 0 Å². The Morgan fingerprint density at radius 1 is 1.27 bits per heavy atom. The van der Waals surface area contributed by atoms with Gasteiger partial charge in [-0.25, -0.2) is 0 Å². The first-order chi connectivity index (χ1) is 14.0. The average molecular weight is 498 g/mol. The Kier molecular flexibility index (Phi) is 5.42. The summed E-state index contributed by atoms with van der Waals surface area (Å²) in [5.74, 6) is 0.423. The number of fused-ring (bicyclic) bond motifs is 5. The number of allylic oxidation sites excluding steroid dienone is 4. The largest absolute Gasteiger partial charge is 0.450 e. The Morgan fingerprint density at radius 2 is 1.97 bits per heavy atom. The van der Waals surface area contributed by atoms with Crippen LogP contribution in [0.15, 0.2) is 22.8 Å². The number of carbonyl (C=O) groups is 3. The number of ketones is 2. The number of esters is 1. The van der Waals surface area contributed by atoms with Gasteiger partial charge in [0.05, 0.1) is 0 Å². The second-order valence-corrected chi connectivity index (χ2v) is 11.2. The third-order valence-electron chi connectivity index (χ3n) is 9.00. The van der Waals surface area contributed by atoms with E-state index in [1.807, 2.05) is 6.92 Å². The van der Waals surface area contributed by atoms with Gasteiger partial charge in [-0.3, -0.25) is 14.4 Å². The van der Waals surface area contributed by atoms with E-state index in [0.717, 1.165) is 31.3 Å². The molecule has 0 unspecified atom stereocenters. The Morgan fingerprint density at radius 3 is 2.60 bits per heavy atom. The van der Waals surface area contributed by atoms with Gasteiger partial charge in [-0.05, 0) is 67.4 Å². The van der Waals surface area contributed by atoms with Crippen molar-refractivity contribution in [2.75, 3.05) is 5.33 Å². The lowest BCUT2D eigenvalue weighted by atomic mass is 9.48. The third-order valence-corrected chi connectivity index (χ3v) is 9.79. The van der Waals surface area contributed by atoms with Gasteiger partial charge in [0.2, 0.25) is 0 Å². The van der Waals surface area contributed by atoms with E-state index in [9.17, 15) is 14.4 Å². The minimum atomic E-state index is -1.10. The van der Waals surface area contributed by atoms with Crippen LogP contribution in [0.3, 0.4) is 0 Å². The maximum Gasteiger partial charge on any atom is 0.317 e. The van der Waals surface area contributed by atoms with Crippen LogP contribution in [0.25, 0.3) is 0 Å². The van der Waals surface area contributed by atoms with Gasteiger partial charge in [0.1, 0.15) is 5.33 Å². The molecule has 0 aromatic heterocycles. The summed E-state index contributed by atoms with van der Waals surface area (Å²) in [4.78, 5) is 37.5. The molecule has 0 spiro atoms. The predicted octanol–water partition coefficient (Wildman–Crippen LogP) is 5.37. The van der Waals surface area contributed by atoms with Gasteiger partial charge >= 0.3 is 5.97 Å². The summed E-state index contributed by atoms with van der Waals surface area (Å²) >= 11 is 9.95. The van der Waals surface area contributed by atoms with E-state index in [1.165, 1.54) is 0 Å². The summed E-state index contributed by atoms with van der Waals surface area (Å²) in [7, 11) is 0. The van der Waals surface area contributed by atoms with E-state index in [2.05, 4.69) is 35.9 Å². The summed E-state index contributed by atoms with van der Waals surface area (Å²) in [6.45, 7) is 8.00. The molecule has 0 radical (unpaired) electrons. The SMILES string of the molecule is CC(=O)[C@@]1(OC(=O)CBr)[C@H](C)C[C@H]2[C@@H]3C=C(Cl)C4=CC(=O)CC[C@]4(C)[C@H]3CC[C@@]21C. The molecule has 0 heterocycles. The highest BCUT2D eigenvalue weighted by atomic mass is 79.9. The van der Waals surface area contributed by atoms with Crippen molar-refractivity contribution in [1.82, 2.24) is 0 Å². The van der Waals surface area contributed by atoms with Crippen molar-refractivity contribution in [1.29, 1.82) is 0 Å². The molecule has 7 atom stereocenters. The van der Waals surface area contributed by atoms with Crippen molar-refractivity contribution in [2.24, 2.45) is 34.5 Å². The van der Waals surface area contributed by atoms with Gasteiger partial charge in [-0.1, -0.05) is 54.4 Å². The maximum absolute atomic E-state index is 13.1. The monoisotopic (exact) mass is 496 g/mol. The Bertz CT molecular complexity index is 878. The van der Waals surface area contributed by atoms with Crippen LogP contribution in [-0.4, -0.2) is 28.5 Å². The number of hydrogen-bond acceptors (Lipinski definition) is 4. The van der Waals surface area contributed by atoms with Crippen molar-refractivity contribution in [2.45, 2.75) is 65.4 Å². The van der Waals surface area contributed by atoms with Gasteiger partial charge in [0, 0.05) is 22.8 Å². The average Bonchev–Trinajstić information content (AvgIpc) is 2.91. The fraction of sp³-hybridized carbons (Fsp3) is 0.708. The Balaban J connectivity index is 1.81. The lowest BCUT2D eigenvalue weighted by Gasteiger charge is -2.57. The first-order valence-corrected chi connectivity index (χ1v) is 12.4. The number of hydrogen-bond donors (Lipinski definition) is 0. The van der Waals surface area contributed by atoms with E-state index in [4.69, 9.17) is 16.3 Å². The number of halogens is 2.